The van der Waals surface area contributed by atoms with Gasteiger partial charge in [0.2, 0.25) is 0 Å². The Morgan fingerprint density at radius 2 is 2.25 bits per heavy atom. The summed E-state index contributed by atoms with van der Waals surface area (Å²) in [6.07, 6.45) is 1.81. The van der Waals surface area contributed by atoms with Crippen LogP contribution in [-0.2, 0) is 9.84 Å². The van der Waals surface area contributed by atoms with Crippen LogP contribution in [0.1, 0.15) is 19.8 Å². The summed E-state index contributed by atoms with van der Waals surface area (Å²) in [5, 5.41) is 0. The number of nitrogens with two attached hydrogens (primary N) is 1. The minimum absolute atomic E-state index is 0.369. The van der Waals surface area contributed by atoms with Gasteiger partial charge >= 0.3 is 0 Å². The fourth-order valence-electron chi connectivity index (χ4n) is 1.72. The molecular weight excluding hydrogens is 174 g/mol. The Kier molecular flexibility index (Phi) is 3.12. The van der Waals surface area contributed by atoms with Crippen molar-refractivity contribution < 1.29 is 8.42 Å². The molecule has 1 rings (SSSR count). The van der Waals surface area contributed by atoms with E-state index >= 15 is 0 Å². The minimum atomic E-state index is -2.69. The molecule has 0 bridgehead atoms. The zero-order valence-corrected chi connectivity index (χ0v) is 8.31. The topological polar surface area (TPSA) is 60.2 Å². The van der Waals surface area contributed by atoms with E-state index in [1.54, 1.807) is 0 Å². The first-order valence-electron chi connectivity index (χ1n) is 4.44. The second-order valence-electron chi connectivity index (χ2n) is 3.85. The smallest absolute Gasteiger partial charge is 0.150 e. The molecule has 0 aromatic heterocycles. The zero-order chi connectivity index (χ0) is 9.19. The second-order valence-corrected chi connectivity index (χ2v) is 6.07. The molecule has 1 saturated heterocycles. The molecule has 2 N–H and O–H groups in total. The number of hydrogen-bond donors (Lipinski definition) is 1. The summed E-state index contributed by atoms with van der Waals surface area (Å²) in [6.45, 7) is 2.74. The van der Waals surface area contributed by atoms with Crippen molar-refractivity contribution in [3.63, 3.8) is 0 Å². The highest BCUT2D eigenvalue weighted by Crippen LogP contribution is 2.24. The summed E-state index contributed by atoms with van der Waals surface area (Å²) in [7, 11) is -2.69. The Morgan fingerprint density at radius 1 is 1.58 bits per heavy atom. The van der Waals surface area contributed by atoms with Crippen LogP contribution in [0.5, 0.6) is 0 Å². The third kappa shape index (κ3) is 2.75. The van der Waals surface area contributed by atoms with Crippen LogP contribution in [0.2, 0.25) is 0 Å². The van der Waals surface area contributed by atoms with Gasteiger partial charge in [0.1, 0.15) is 0 Å². The fraction of sp³-hybridized carbons (Fsp3) is 1.00. The van der Waals surface area contributed by atoms with Gasteiger partial charge in [0, 0.05) is 0 Å². The maximum Gasteiger partial charge on any atom is 0.150 e. The average Bonchev–Trinajstić information content (AvgIpc) is 2.30. The van der Waals surface area contributed by atoms with E-state index in [4.69, 9.17) is 5.73 Å². The summed E-state index contributed by atoms with van der Waals surface area (Å²) in [5.41, 5.74) is 5.47. The van der Waals surface area contributed by atoms with Gasteiger partial charge in [-0.1, -0.05) is 6.92 Å². The van der Waals surface area contributed by atoms with E-state index in [2.05, 4.69) is 6.92 Å². The van der Waals surface area contributed by atoms with Crippen molar-refractivity contribution in [1.29, 1.82) is 0 Å². The lowest BCUT2D eigenvalue weighted by atomic mass is 9.96. The molecule has 3 nitrogen and oxygen atoms in total. The van der Waals surface area contributed by atoms with Gasteiger partial charge in [0.05, 0.1) is 11.5 Å². The first-order chi connectivity index (χ1) is 5.53. The molecule has 0 aromatic rings. The summed E-state index contributed by atoms with van der Waals surface area (Å²) in [6, 6.07) is 0. The summed E-state index contributed by atoms with van der Waals surface area (Å²) in [5.74, 6) is 1.60. The van der Waals surface area contributed by atoms with Crippen LogP contribution < -0.4 is 5.73 Å². The lowest BCUT2D eigenvalue weighted by Gasteiger charge is -2.12. The van der Waals surface area contributed by atoms with Gasteiger partial charge in [-0.05, 0) is 31.2 Å². The Hall–Kier alpha value is -0.0900. The minimum Gasteiger partial charge on any atom is -0.330 e. The summed E-state index contributed by atoms with van der Waals surface area (Å²) in [4.78, 5) is 0. The number of hydrogen-bond acceptors (Lipinski definition) is 3. The van der Waals surface area contributed by atoms with Gasteiger partial charge in [-0.25, -0.2) is 8.42 Å². The van der Waals surface area contributed by atoms with Crippen LogP contribution in [0.4, 0.5) is 0 Å². The lowest BCUT2D eigenvalue weighted by molar-refractivity contribution is 0.427. The first-order valence-corrected chi connectivity index (χ1v) is 6.26. The van der Waals surface area contributed by atoms with Gasteiger partial charge in [-0.15, -0.1) is 0 Å². The fourth-order valence-corrected chi connectivity index (χ4v) is 3.60. The molecule has 0 saturated carbocycles. The predicted molar refractivity (Wildman–Crippen MR) is 49.6 cm³/mol. The van der Waals surface area contributed by atoms with Crippen molar-refractivity contribution in [3.8, 4) is 0 Å². The molecule has 2 atom stereocenters. The third-order valence-electron chi connectivity index (χ3n) is 2.46. The third-order valence-corrected chi connectivity index (χ3v) is 4.30. The van der Waals surface area contributed by atoms with Gasteiger partial charge in [-0.2, -0.15) is 0 Å². The van der Waals surface area contributed by atoms with E-state index in [-0.39, 0.29) is 0 Å². The average molecular weight is 191 g/mol. The predicted octanol–water partition coefficient (Wildman–Crippen LogP) is 0.406. The first kappa shape index (κ1) is 9.99. The van der Waals surface area contributed by atoms with Gasteiger partial charge < -0.3 is 5.73 Å². The Balaban J connectivity index is 2.38. The molecule has 1 aliphatic heterocycles. The summed E-state index contributed by atoms with van der Waals surface area (Å²) >= 11 is 0. The molecule has 2 unspecified atom stereocenters. The molecule has 1 aliphatic rings. The molecule has 1 heterocycles. The van der Waals surface area contributed by atoms with E-state index in [0.717, 1.165) is 12.8 Å². The number of rotatable bonds is 3. The normalized spacial score (nSPS) is 30.3. The van der Waals surface area contributed by atoms with E-state index < -0.39 is 9.84 Å². The van der Waals surface area contributed by atoms with Crippen molar-refractivity contribution in [2.45, 2.75) is 19.8 Å². The molecular formula is C8H17NO2S. The molecule has 0 spiro atoms. The molecule has 4 heteroatoms. The monoisotopic (exact) mass is 191 g/mol. The maximum absolute atomic E-state index is 11.1. The Labute approximate surface area is 74.3 Å². The zero-order valence-electron chi connectivity index (χ0n) is 7.49. The Morgan fingerprint density at radius 3 is 2.67 bits per heavy atom. The molecule has 0 aliphatic carbocycles. The molecule has 0 aromatic carbocycles. The van der Waals surface area contributed by atoms with Crippen LogP contribution in [0.15, 0.2) is 0 Å². The highest BCUT2D eigenvalue weighted by Gasteiger charge is 2.28. The van der Waals surface area contributed by atoms with E-state index in [1.807, 2.05) is 0 Å². The van der Waals surface area contributed by atoms with E-state index in [0.29, 0.717) is 29.9 Å². The van der Waals surface area contributed by atoms with Crippen molar-refractivity contribution in [2.75, 3.05) is 18.1 Å². The standard InChI is InChI=1S/C8H17NO2S/c1-7(5-9)4-8-2-3-12(10,11)6-8/h7-8H,2-6,9H2,1H3. The van der Waals surface area contributed by atoms with Crippen molar-refractivity contribution >= 4 is 9.84 Å². The van der Waals surface area contributed by atoms with Crippen molar-refractivity contribution in [3.05, 3.63) is 0 Å². The maximum atomic E-state index is 11.1. The number of sulfone groups is 1. The van der Waals surface area contributed by atoms with Crippen molar-refractivity contribution in [2.24, 2.45) is 17.6 Å². The van der Waals surface area contributed by atoms with Gasteiger partial charge in [-0.3, -0.25) is 0 Å². The van der Waals surface area contributed by atoms with Crippen LogP contribution in [0.25, 0.3) is 0 Å². The van der Waals surface area contributed by atoms with Crippen LogP contribution in [0.3, 0.4) is 0 Å². The van der Waals surface area contributed by atoms with Crippen LogP contribution in [0, 0.1) is 11.8 Å². The van der Waals surface area contributed by atoms with Crippen LogP contribution >= 0.6 is 0 Å². The SMILES string of the molecule is CC(CN)CC1CCS(=O)(=O)C1. The second kappa shape index (κ2) is 3.75. The highest BCUT2D eigenvalue weighted by atomic mass is 32.2. The van der Waals surface area contributed by atoms with Gasteiger partial charge in [0.25, 0.3) is 0 Å². The molecule has 0 radical (unpaired) electrons. The van der Waals surface area contributed by atoms with Crippen LogP contribution in [-0.4, -0.2) is 26.5 Å². The molecule has 72 valence electrons. The van der Waals surface area contributed by atoms with Crippen molar-refractivity contribution in [1.82, 2.24) is 0 Å². The summed E-state index contributed by atoms with van der Waals surface area (Å²) < 4.78 is 22.2. The lowest BCUT2D eigenvalue weighted by Crippen LogP contribution is -2.16. The quantitative estimate of drug-likeness (QED) is 0.702. The molecule has 1 fully saturated rings. The van der Waals surface area contributed by atoms with E-state index in [9.17, 15) is 8.42 Å². The Bertz CT molecular complexity index is 235. The molecule has 0 amide bonds. The van der Waals surface area contributed by atoms with E-state index in [1.165, 1.54) is 0 Å². The van der Waals surface area contributed by atoms with Gasteiger partial charge in [0.15, 0.2) is 9.84 Å². The highest BCUT2D eigenvalue weighted by molar-refractivity contribution is 7.91. The molecule has 12 heavy (non-hydrogen) atoms. The largest absolute Gasteiger partial charge is 0.330 e.